The molecule has 1 radical (unpaired) electrons. The highest BCUT2D eigenvalue weighted by Gasteiger charge is 1.91. The largest absolute Gasteiger partial charge is 0.310 e. The van der Waals surface area contributed by atoms with Gasteiger partial charge in [0.25, 0.3) is 0 Å². The Morgan fingerprint density at radius 3 is 2.88 bits per heavy atom. The Morgan fingerprint density at radius 1 is 1.88 bits per heavy atom. The lowest BCUT2D eigenvalue weighted by Crippen LogP contribution is -2.22. The van der Waals surface area contributed by atoms with E-state index in [1.54, 1.807) is 0 Å². The second-order valence-electron chi connectivity index (χ2n) is 1.31. The highest BCUT2D eigenvalue weighted by molar-refractivity contribution is 7.80. The predicted molar refractivity (Wildman–Crippen MR) is 36.1 cm³/mol. The standard InChI is InChI=1S/C5H8NOS/c1-2-6-3-5(7)4-8/h6H,2-3H2,1H3. The molecule has 1 N–H and O–H groups in total. The number of hydrogen-bond donors (Lipinski definition) is 1. The molecule has 0 atom stereocenters. The van der Waals surface area contributed by atoms with Gasteiger partial charge in [0.1, 0.15) is 5.37 Å². The van der Waals surface area contributed by atoms with Crippen molar-refractivity contribution in [2.75, 3.05) is 13.1 Å². The molecular weight excluding hydrogens is 122 g/mol. The van der Waals surface area contributed by atoms with Gasteiger partial charge in [-0.15, -0.1) is 0 Å². The summed E-state index contributed by atoms with van der Waals surface area (Å²) in [6.07, 6.45) is 0. The first-order valence-electron chi connectivity index (χ1n) is 2.43. The number of Topliss-reactive ketones (excluding diaryl/α,β-unsaturated/α-hetero) is 1. The molecule has 0 heterocycles. The first kappa shape index (κ1) is 7.72. The van der Waals surface area contributed by atoms with Crippen LogP contribution in [0.4, 0.5) is 0 Å². The Kier molecular flexibility index (Phi) is 4.70. The van der Waals surface area contributed by atoms with Crippen LogP contribution in [0.3, 0.4) is 0 Å². The Bertz CT molecular complexity index is 92.4. The van der Waals surface area contributed by atoms with Crippen LogP contribution in [0.25, 0.3) is 0 Å². The maximum atomic E-state index is 10.3. The minimum absolute atomic E-state index is 0.151. The average molecular weight is 130 g/mol. The van der Waals surface area contributed by atoms with E-state index in [-0.39, 0.29) is 5.78 Å². The van der Waals surface area contributed by atoms with Gasteiger partial charge in [-0.1, -0.05) is 19.1 Å². The lowest BCUT2D eigenvalue weighted by Gasteiger charge is -1.91. The molecule has 0 fully saturated rings. The summed E-state index contributed by atoms with van der Waals surface area (Å²) in [6.45, 7) is 3.04. The summed E-state index contributed by atoms with van der Waals surface area (Å²) in [5.74, 6) is -0.151. The SMILES string of the molecule is CCNCC(=O)[C]=S. The van der Waals surface area contributed by atoms with Gasteiger partial charge in [0.05, 0.1) is 6.54 Å². The van der Waals surface area contributed by atoms with Crippen LogP contribution in [0.1, 0.15) is 6.92 Å². The minimum atomic E-state index is -0.151. The Morgan fingerprint density at radius 2 is 2.50 bits per heavy atom. The molecule has 0 aliphatic heterocycles. The fourth-order valence-electron chi connectivity index (χ4n) is 0.275. The van der Waals surface area contributed by atoms with Gasteiger partial charge in [-0.25, -0.2) is 0 Å². The first-order chi connectivity index (χ1) is 3.81. The molecule has 0 aliphatic rings. The molecule has 0 saturated heterocycles. The highest BCUT2D eigenvalue weighted by atomic mass is 32.1. The summed E-state index contributed by atoms with van der Waals surface area (Å²) in [5.41, 5.74) is 0. The summed E-state index contributed by atoms with van der Waals surface area (Å²) in [7, 11) is 0. The third kappa shape index (κ3) is 3.89. The number of nitrogens with one attached hydrogen (secondary N) is 1. The maximum Gasteiger partial charge on any atom is 0.188 e. The molecular formula is C5H8NOS. The molecule has 0 saturated carbocycles. The molecule has 0 amide bonds. The van der Waals surface area contributed by atoms with Crippen LogP contribution in [-0.2, 0) is 4.79 Å². The molecule has 0 aromatic heterocycles. The van der Waals surface area contributed by atoms with Crippen molar-refractivity contribution in [2.24, 2.45) is 0 Å². The molecule has 45 valence electrons. The normalized spacial score (nSPS) is 8.62. The van der Waals surface area contributed by atoms with Crippen LogP contribution >= 0.6 is 12.2 Å². The fourth-order valence-corrected chi connectivity index (χ4v) is 0.347. The van der Waals surface area contributed by atoms with Crippen molar-refractivity contribution in [2.45, 2.75) is 6.92 Å². The number of carbonyl (C=O) groups excluding carboxylic acids is 1. The van der Waals surface area contributed by atoms with Crippen LogP contribution < -0.4 is 5.32 Å². The quantitative estimate of drug-likeness (QED) is 0.545. The molecule has 0 aromatic rings. The van der Waals surface area contributed by atoms with Gasteiger partial charge >= 0.3 is 0 Å². The van der Waals surface area contributed by atoms with Crippen LogP contribution in [0.15, 0.2) is 0 Å². The van der Waals surface area contributed by atoms with Crippen molar-refractivity contribution >= 4 is 23.4 Å². The lowest BCUT2D eigenvalue weighted by molar-refractivity contribution is -0.111. The molecule has 2 nitrogen and oxygen atoms in total. The number of carbonyl (C=O) groups is 1. The van der Waals surface area contributed by atoms with Crippen molar-refractivity contribution in [1.29, 1.82) is 0 Å². The van der Waals surface area contributed by atoms with E-state index in [0.29, 0.717) is 6.54 Å². The Labute approximate surface area is 54.3 Å². The summed E-state index contributed by atoms with van der Waals surface area (Å²) < 4.78 is 0. The van der Waals surface area contributed by atoms with Crippen molar-refractivity contribution in [3.8, 4) is 0 Å². The van der Waals surface area contributed by atoms with E-state index in [9.17, 15) is 4.79 Å². The maximum absolute atomic E-state index is 10.3. The molecule has 0 rings (SSSR count). The van der Waals surface area contributed by atoms with E-state index < -0.39 is 0 Å². The molecule has 8 heavy (non-hydrogen) atoms. The summed E-state index contributed by atoms with van der Waals surface area (Å²) in [5, 5.41) is 4.90. The second kappa shape index (κ2) is 4.87. The Balaban J connectivity index is 3.11. The van der Waals surface area contributed by atoms with Gasteiger partial charge in [-0.3, -0.25) is 4.79 Å². The molecule has 3 heteroatoms. The molecule has 0 aromatic carbocycles. The molecule has 0 aliphatic carbocycles. The lowest BCUT2D eigenvalue weighted by atomic mass is 10.4. The zero-order valence-corrected chi connectivity index (χ0v) is 5.55. The number of hydrogen-bond acceptors (Lipinski definition) is 3. The zero-order chi connectivity index (χ0) is 6.41. The van der Waals surface area contributed by atoms with Crippen LogP contribution in [0, 0.1) is 0 Å². The number of ketones is 1. The second-order valence-corrected chi connectivity index (χ2v) is 1.51. The first-order valence-corrected chi connectivity index (χ1v) is 2.83. The van der Waals surface area contributed by atoms with Crippen molar-refractivity contribution in [1.82, 2.24) is 5.32 Å². The monoisotopic (exact) mass is 130 g/mol. The van der Waals surface area contributed by atoms with Gasteiger partial charge in [0, 0.05) is 0 Å². The van der Waals surface area contributed by atoms with E-state index in [1.165, 1.54) is 0 Å². The third-order valence-corrected chi connectivity index (χ3v) is 0.877. The van der Waals surface area contributed by atoms with Gasteiger partial charge in [-0.05, 0) is 6.54 Å². The van der Waals surface area contributed by atoms with Crippen LogP contribution in [0.2, 0.25) is 0 Å². The molecule has 0 spiro atoms. The smallest absolute Gasteiger partial charge is 0.188 e. The summed E-state index contributed by atoms with van der Waals surface area (Å²) in [6, 6.07) is 0. The van der Waals surface area contributed by atoms with Gasteiger partial charge < -0.3 is 5.32 Å². The fraction of sp³-hybridized carbons (Fsp3) is 0.600. The van der Waals surface area contributed by atoms with E-state index >= 15 is 0 Å². The Hall–Kier alpha value is -0.280. The minimum Gasteiger partial charge on any atom is -0.310 e. The van der Waals surface area contributed by atoms with Crippen molar-refractivity contribution < 1.29 is 4.79 Å². The summed E-state index contributed by atoms with van der Waals surface area (Å²) in [4.78, 5) is 10.3. The van der Waals surface area contributed by atoms with Gasteiger partial charge in [-0.2, -0.15) is 0 Å². The number of likely N-dealkylation sites (N-methyl/N-ethyl adjacent to an activating group) is 1. The van der Waals surface area contributed by atoms with E-state index in [2.05, 4.69) is 22.9 Å². The average Bonchev–Trinajstić information content (AvgIpc) is 1.83. The van der Waals surface area contributed by atoms with E-state index in [0.717, 1.165) is 6.54 Å². The van der Waals surface area contributed by atoms with E-state index in [1.807, 2.05) is 6.92 Å². The van der Waals surface area contributed by atoms with E-state index in [4.69, 9.17) is 0 Å². The van der Waals surface area contributed by atoms with Crippen molar-refractivity contribution in [3.63, 3.8) is 0 Å². The highest BCUT2D eigenvalue weighted by Crippen LogP contribution is 1.62. The predicted octanol–water partition coefficient (Wildman–Crippen LogP) is 0.0417. The molecule has 0 bridgehead atoms. The number of rotatable bonds is 4. The van der Waals surface area contributed by atoms with Crippen LogP contribution in [0.5, 0.6) is 0 Å². The van der Waals surface area contributed by atoms with Crippen LogP contribution in [-0.4, -0.2) is 24.2 Å². The van der Waals surface area contributed by atoms with Crippen molar-refractivity contribution in [3.05, 3.63) is 0 Å². The van der Waals surface area contributed by atoms with Gasteiger partial charge in [0.15, 0.2) is 5.78 Å². The third-order valence-electron chi connectivity index (χ3n) is 0.649. The number of thiocarbonyl (C=S) groups is 1. The molecule has 0 unspecified atom stereocenters. The zero-order valence-electron chi connectivity index (χ0n) is 4.73. The van der Waals surface area contributed by atoms with Gasteiger partial charge in [0.2, 0.25) is 0 Å². The topological polar surface area (TPSA) is 29.1 Å². The summed E-state index contributed by atoms with van der Waals surface area (Å²) >= 11 is 4.25.